The standard InChI is InChI=1S/C19H24N4O3/c24-19(22-17-4-6-20-7-5-17)21-15-16-2-1-3-18(14-16)26-13-10-23-8-11-25-12-9-23/h1-7,14H,8-13,15H2,(H2,20,21,22,24). The SMILES string of the molecule is O=C(NCc1cccc(OCCN2CCOCC2)c1)Nc1ccncc1. The number of ether oxygens (including phenoxy) is 2. The molecule has 0 unspecified atom stereocenters. The van der Waals surface area contributed by atoms with Crippen molar-refractivity contribution in [1.82, 2.24) is 15.2 Å². The number of carbonyl (C=O) groups is 1. The Morgan fingerprint density at radius 1 is 1.19 bits per heavy atom. The normalized spacial score (nSPS) is 14.6. The number of benzene rings is 1. The number of anilines is 1. The molecule has 0 radical (unpaired) electrons. The second kappa shape index (κ2) is 9.74. The van der Waals surface area contributed by atoms with Gasteiger partial charge in [0.05, 0.1) is 13.2 Å². The minimum absolute atomic E-state index is 0.255. The van der Waals surface area contributed by atoms with E-state index in [2.05, 4.69) is 20.5 Å². The molecule has 2 aromatic rings. The third-order valence-electron chi connectivity index (χ3n) is 4.07. The summed E-state index contributed by atoms with van der Waals surface area (Å²) in [5.41, 5.74) is 1.69. The Bertz CT molecular complexity index is 690. The molecular weight excluding hydrogens is 332 g/mol. The van der Waals surface area contributed by atoms with Gasteiger partial charge in [0.2, 0.25) is 0 Å². The smallest absolute Gasteiger partial charge is 0.319 e. The molecular formula is C19H24N4O3. The Balaban J connectivity index is 1.41. The molecule has 0 atom stereocenters. The van der Waals surface area contributed by atoms with Gasteiger partial charge in [-0.25, -0.2) is 4.79 Å². The number of nitrogens with one attached hydrogen (secondary N) is 2. The van der Waals surface area contributed by atoms with Crippen LogP contribution in [0.5, 0.6) is 5.75 Å². The number of hydrogen-bond acceptors (Lipinski definition) is 5. The van der Waals surface area contributed by atoms with Crippen LogP contribution in [0.25, 0.3) is 0 Å². The quantitative estimate of drug-likeness (QED) is 0.795. The first kappa shape index (κ1) is 18.2. The zero-order chi connectivity index (χ0) is 18.0. The molecule has 3 rings (SSSR count). The maximum Gasteiger partial charge on any atom is 0.319 e. The van der Waals surface area contributed by atoms with Crippen LogP contribution in [0.3, 0.4) is 0 Å². The number of pyridine rings is 1. The molecule has 2 heterocycles. The summed E-state index contributed by atoms with van der Waals surface area (Å²) < 4.78 is 11.2. The summed E-state index contributed by atoms with van der Waals surface area (Å²) in [4.78, 5) is 18.2. The van der Waals surface area contributed by atoms with E-state index in [1.807, 2.05) is 24.3 Å². The lowest BCUT2D eigenvalue weighted by molar-refractivity contribution is 0.0322. The average molecular weight is 356 g/mol. The summed E-state index contributed by atoms with van der Waals surface area (Å²) in [6.45, 7) is 5.46. The van der Waals surface area contributed by atoms with E-state index in [1.165, 1.54) is 0 Å². The van der Waals surface area contributed by atoms with E-state index in [4.69, 9.17) is 9.47 Å². The average Bonchev–Trinajstić information content (AvgIpc) is 2.68. The molecule has 1 aromatic carbocycles. The van der Waals surface area contributed by atoms with Crippen molar-refractivity contribution in [3.8, 4) is 5.75 Å². The van der Waals surface area contributed by atoms with Crippen molar-refractivity contribution in [3.63, 3.8) is 0 Å². The molecule has 138 valence electrons. The highest BCUT2D eigenvalue weighted by Crippen LogP contribution is 2.13. The highest BCUT2D eigenvalue weighted by atomic mass is 16.5. The number of hydrogen-bond donors (Lipinski definition) is 2. The summed E-state index contributed by atoms with van der Waals surface area (Å²) in [7, 11) is 0. The van der Waals surface area contributed by atoms with Crippen molar-refractivity contribution >= 4 is 11.7 Å². The van der Waals surface area contributed by atoms with E-state index in [0.717, 1.165) is 44.2 Å². The summed E-state index contributed by atoms with van der Waals surface area (Å²) in [6, 6.07) is 11.0. The molecule has 26 heavy (non-hydrogen) atoms. The van der Waals surface area contributed by atoms with Gasteiger partial charge in [-0.05, 0) is 29.8 Å². The number of amides is 2. The van der Waals surface area contributed by atoms with Crippen LogP contribution in [0.2, 0.25) is 0 Å². The first-order valence-electron chi connectivity index (χ1n) is 8.76. The van der Waals surface area contributed by atoms with Crippen LogP contribution < -0.4 is 15.4 Å². The first-order valence-corrected chi connectivity index (χ1v) is 8.76. The maximum absolute atomic E-state index is 11.9. The summed E-state index contributed by atoms with van der Waals surface area (Å²) in [5, 5.41) is 5.59. The first-order chi connectivity index (χ1) is 12.8. The molecule has 7 nitrogen and oxygen atoms in total. The molecule has 2 N–H and O–H groups in total. The molecule has 0 aliphatic carbocycles. The van der Waals surface area contributed by atoms with E-state index >= 15 is 0 Å². The van der Waals surface area contributed by atoms with Crippen molar-refractivity contribution < 1.29 is 14.3 Å². The van der Waals surface area contributed by atoms with Crippen LogP contribution in [0.4, 0.5) is 10.5 Å². The molecule has 1 aliphatic heterocycles. The Morgan fingerprint density at radius 3 is 2.81 bits per heavy atom. The lowest BCUT2D eigenvalue weighted by Crippen LogP contribution is -2.38. The van der Waals surface area contributed by atoms with E-state index in [-0.39, 0.29) is 6.03 Å². The monoisotopic (exact) mass is 356 g/mol. The zero-order valence-electron chi connectivity index (χ0n) is 14.7. The molecule has 1 saturated heterocycles. The third kappa shape index (κ3) is 6.02. The fraction of sp³-hybridized carbons (Fsp3) is 0.368. The zero-order valence-corrected chi connectivity index (χ0v) is 14.7. The lowest BCUT2D eigenvalue weighted by atomic mass is 10.2. The number of nitrogens with zero attached hydrogens (tertiary/aromatic N) is 2. The predicted octanol–water partition coefficient (Wildman–Crippen LogP) is 2.11. The van der Waals surface area contributed by atoms with Crippen molar-refractivity contribution in [3.05, 3.63) is 54.4 Å². The second-order valence-electron chi connectivity index (χ2n) is 5.99. The van der Waals surface area contributed by atoms with Crippen molar-refractivity contribution in [1.29, 1.82) is 0 Å². The van der Waals surface area contributed by atoms with Crippen LogP contribution >= 0.6 is 0 Å². The van der Waals surface area contributed by atoms with Gasteiger partial charge in [0.25, 0.3) is 0 Å². The van der Waals surface area contributed by atoms with E-state index in [1.54, 1.807) is 24.5 Å². The second-order valence-corrected chi connectivity index (χ2v) is 5.99. The van der Waals surface area contributed by atoms with Gasteiger partial charge < -0.3 is 20.1 Å². The van der Waals surface area contributed by atoms with E-state index in [9.17, 15) is 4.79 Å². The lowest BCUT2D eigenvalue weighted by Gasteiger charge is -2.26. The van der Waals surface area contributed by atoms with Crippen LogP contribution in [0.1, 0.15) is 5.56 Å². The van der Waals surface area contributed by atoms with E-state index < -0.39 is 0 Å². The minimum atomic E-state index is -0.255. The highest BCUT2D eigenvalue weighted by Gasteiger charge is 2.09. The Morgan fingerprint density at radius 2 is 2.00 bits per heavy atom. The molecule has 1 aromatic heterocycles. The highest BCUT2D eigenvalue weighted by molar-refractivity contribution is 5.89. The molecule has 0 spiro atoms. The van der Waals surface area contributed by atoms with Crippen LogP contribution in [-0.2, 0) is 11.3 Å². The molecule has 7 heteroatoms. The van der Waals surface area contributed by atoms with Crippen molar-refractivity contribution in [2.45, 2.75) is 6.54 Å². The number of aromatic nitrogens is 1. The molecule has 1 aliphatic rings. The van der Waals surface area contributed by atoms with E-state index in [0.29, 0.717) is 18.8 Å². The Hall–Kier alpha value is -2.64. The fourth-order valence-electron chi connectivity index (χ4n) is 2.66. The van der Waals surface area contributed by atoms with Crippen LogP contribution in [-0.4, -0.2) is 55.4 Å². The number of rotatable bonds is 7. The largest absolute Gasteiger partial charge is 0.492 e. The maximum atomic E-state index is 11.9. The minimum Gasteiger partial charge on any atom is -0.492 e. The topological polar surface area (TPSA) is 75.7 Å². The van der Waals surface area contributed by atoms with Crippen molar-refractivity contribution in [2.24, 2.45) is 0 Å². The number of urea groups is 1. The summed E-state index contributed by atoms with van der Waals surface area (Å²) in [5.74, 6) is 0.812. The number of morpholine rings is 1. The Labute approximate surface area is 153 Å². The predicted molar refractivity (Wildman–Crippen MR) is 99.3 cm³/mol. The fourth-order valence-corrected chi connectivity index (χ4v) is 2.66. The van der Waals surface area contributed by atoms with Gasteiger partial charge >= 0.3 is 6.03 Å². The summed E-state index contributed by atoms with van der Waals surface area (Å²) >= 11 is 0. The van der Waals surface area contributed by atoms with Gasteiger partial charge in [0.1, 0.15) is 12.4 Å². The van der Waals surface area contributed by atoms with Crippen molar-refractivity contribution in [2.75, 3.05) is 44.8 Å². The van der Waals surface area contributed by atoms with Crippen LogP contribution in [0, 0.1) is 0 Å². The number of carbonyl (C=O) groups excluding carboxylic acids is 1. The van der Waals surface area contributed by atoms with Gasteiger partial charge in [0, 0.05) is 44.3 Å². The molecule has 0 saturated carbocycles. The molecule has 2 amide bonds. The third-order valence-corrected chi connectivity index (χ3v) is 4.07. The molecule has 0 bridgehead atoms. The van der Waals surface area contributed by atoms with Gasteiger partial charge in [-0.15, -0.1) is 0 Å². The van der Waals surface area contributed by atoms with Crippen LogP contribution in [0.15, 0.2) is 48.8 Å². The summed E-state index contributed by atoms with van der Waals surface area (Å²) in [6.07, 6.45) is 3.26. The van der Waals surface area contributed by atoms with Gasteiger partial charge in [0.15, 0.2) is 0 Å². The van der Waals surface area contributed by atoms with Gasteiger partial charge in [-0.2, -0.15) is 0 Å². The van der Waals surface area contributed by atoms with Gasteiger partial charge in [-0.1, -0.05) is 12.1 Å². The molecule has 1 fully saturated rings. The Kier molecular flexibility index (Phi) is 6.80. The van der Waals surface area contributed by atoms with Gasteiger partial charge in [-0.3, -0.25) is 9.88 Å².